The molecule has 0 amide bonds. The molecule has 0 saturated heterocycles. The zero-order chi connectivity index (χ0) is 19.4. The summed E-state index contributed by atoms with van der Waals surface area (Å²) in [6, 6.07) is 10.8. The standard InChI is InChI=1S/C26H47N/c1-2-3-4-5-6-7-8-9-10-11-12-13-14-15-17-22-26(24-27)23-25-20-18-16-19-21-25/h16,18-21,26H,2-15,17,22-24,27H2,1H3. The highest BCUT2D eigenvalue weighted by Crippen LogP contribution is 2.17. The molecular weight excluding hydrogens is 326 g/mol. The number of hydrogen-bond acceptors (Lipinski definition) is 1. The summed E-state index contributed by atoms with van der Waals surface area (Å²) in [7, 11) is 0. The van der Waals surface area contributed by atoms with Crippen molar-refractivity contribution in [2.24, 2.45) is 11.7 Å². The first kappa shape index (κ1) is 24.2. The molecule has 0 aromatic heterocycles. The molecule has 2 N–H and O–H groups in total. The fourth-order valence-corrected chi connectivity index (χ4v) is 4.06. The molecule has 0 heterocycles. The van der Waals surface area contributed by atoms with Crippen LogP contribution in [0.1, 0.15) is 115 Å². The van der Waals surface area contributed by atoms with Crippen molar-refractivity contribution in [1.29, 1.82) is 0 Å². The van der Waals surface area contributed by atoms with Crippen molar-refractivity contribution in [3.8, 4) is 0 Å². The number of benzene rings is 1. The monoisotopic (exact) mass is 373 g/mol. The maximum atomic E-state index is 5.98. The Kier molecular flexibility index (Phi) is 16.6. The van der Waals surface area contributed by atoms with Gasteiger partial charge in [0.05, 0.1) is 0 Å². The minimum atomic E-state index is 0.661. The largest absolute Gasteiger partial charge is 0.330 e. The van der Waals surface area contributed by atoms with Crippen molar-refractivity contribution < 1.29 is 0 Å². The Balaban J connectivity index is 1.83. The van der Waals surface area contributed by atoms with Crippen LogP contribution in [0.15, 0.2) is 30.3 Å². The zero-order valence-corrected chi connectivity index (χ0v) is 18.3. The predicted molar refractivity (Wildman–Crippen MR) is 122 cm³/mol. The lowest BCUT2D eigenvalue weighted by molar-refractivity contribution is 0.454. The minimum absolute atomic E-state index is 0.661. The van der Waals surface area contributed by atoms with Crippen LogP contribution in [0.4, 0.5) is 0 Å². The SMILES string of the molecule is CCCCCCCCCCCCCCCCCC(CN)Cc1ccccc1. The average Bonchev–Trinajstić information content (AvgIpc) is 2.70. The normalized spacial score (nSPS) is 12.4. The highest BCUT2D eigenvalue weighted by Gasteiger charge is 2.07. The van der Waals surface area contributed by atoms with Gasteiger partial charge >= 0.3 is 0 Å². The molecule has 0 fully saturated rings. The molecule has 0 aliphatic rings. The Morgan fingerprint density at radius 1 is 0.630 bits per heavy atom. The highest BCUT2D eigenvalue weighted by molar-refractivity contribution is 5.15. The number of unbranched alkanes of at least 4 members (excludes halogenated alkanes) is 14. The summed E-state index contributed by atoms with van der Waals surface area (Å²) >= 11 is 0. The van der Waals surface area contributed by atoms with Crippen molar-refractivity contribution >= 4 is 0 Å². The van der Waals surface area contributed by atoms with E-state index in [1.807, 2.05) is 0 Å². The third-order valence-corrected chi connectivity index (χ3v) is 5.92. The maximum Gasteiger partial charge on any atom is -0.00457 e. The summed E-state index contributed by atoms with van der Waals surface area (Å²) in [5, 5.41) is 0. The van der Waals surface area contributed by atoms with E-state index in [9.17, 15) is 0 Å². The quantitative estimate of drug-likeness (QED) is 0.244. The van der Waals surface area contributed by atoms with E-state index >= 15 is 0 Å². The van der Waals surface area contributed by atoms with Gasteiger partial charge in [-0.2, -0.15) is 0 Å². The molecule has 1 rings (SSSR count). The molecular formula is C26H47N. The van der Waals surface area contributed by atoms with Crippen molar-refractivity contribution in [3.05, 3.63) is 35.9 Å². The van der Waals surface area contributed by atoms with E-state index in [0.717, 1.165) is 13.0 Å². The Hall–Kier alpha value is -0.820. The van der Waals surface area contributed by atoms with Gasteiger partial charge in [-0.15, -0.1) is 0 Å². The molecule has 1 atom stereocenters. The molecule has 0 spiro atoms. The summed E-state index contributed by atoms with van der Waals surface area (Å²) in [5.74, 6) is 0.661. The Morgan fingerprint density at radius 2 is 1.07 bits per heavy atom. The Morgan fingerprint density at radius 3 is 1.52 bits per heavy atom. The average molecular weight is 374 g/mol. The Bertz CT molecular complexity index is 400. The van der Waals surface area contributed by atoms with Crippen LogP contribution in [0.25, 0.3) is 0 Å². The van der Waals surface area contributed by atoms with Crippen LogP contribution in [0.3, 0.4) is 0 Å². The molecule has 0 aliphatic carbocycles. The summed E-state index contributed by atoms with van der Waals surface area (Å²) in [4.78, 5) is 0. The third-order valence-electron chi connectivity index (χ3n) is 5.92. The van der Waals surface area contributed by atoms with E-state index in [1.54, 1.807) is 0 Å². The second-order valence-electron chi connectivity index (χ2n) is 8.53. The van der Waals surface area contributed by atoms with Crippen molar-refractivity contribution in [3.63, 3.8) is 0 Å². The molecule has 0 saturated carbocycles. The molecule has 1 heteroatoms. The molecule has 0 bridgehead atoms. The maximum absolute atomic E-state index is 5.98. The first-order valence-corrected chi connectivity index (χ1v) is 12.1. The lowest BCUT2D eigenvalue weighted by atomic mass is 9.93. The van der Waals surface area contributed by atoms with Crippen LogP contribution in [0.5, 0.6) is 0 Å². The molecule has 1 unspecified atom stereocenters. The second kappa shape index (κ2) is 18.5. The second-order valence-corrected chi connectivity index (χ2v) is 8.53. The van der Waals surface area contributed by atoms with Gasteiger partial charge in [0.2, 0.25) is 0 Å². The fraction of sp³-hybridized carbons (Fsp3) is 0.769. The van der Waals surface area contributed by atoms with Gasteiger partial charge in [0.1, 0.15) is 0 Å². The van der Waals surface area contributed by atoms with Crippen LogP contribution in [-0.4, -0.2) is 6.54 Å². The molecule has 1 aromatic rings. The molecule has 156 valence electrons. The molecule has 1 nitrogen and oxygen atoms in total. The summed E-state index contributed by atoms with van der Waals surface area (Å²) in [5.41, 5.74) is 7.42. The summed E-state index contributed by atoms with van der Waals surface area (Å²) < 4.78 is 0. The molecule has 1 aromatic carbocycles. The first-order valence-electron chi connectivity index (χ1n) is 12.1. The van der Waals surface area contributed by atoms with Crippen molar-refractivity contribution in [2.75, 3.05) is 6.54 Å². The van der Waals surface area contributed by atoms with Crippen LogP contribution >= 0.6 is 0 Å². The Labute approximate surface area is 170 Å². The highest BCUT2D eigenvalue weighted by atomic mass is 14.5. The van der Waals surface area contributed by atoms with Crippen LogP contribution < -0.4 is 5.73 Å². The summed E-state index contributed by atoms with van der Waals surface area (Å²) in [6.45, 7) is 3.12. The fourth-order valence-electron chi connectivity index (χ4n) is 4.06. The lowest BCUT2D eigenvalue weighted by Crippen LogP contribution is -2.16. The number of rotatable bonds is 19. The van der Waals surface area contributed by atoms with E-state index in [-0.39, 0.29) is 0 Å². The van der Waals surface area contributed by atoms with Crippen LogP contribution in [-0.2, 0) is 6.42 Å². The van der Waals surface area contributed by atoms with Gasteiger partial charge < -0.3 is 5.73 Å². The van der Waals surface area contributed by atoms with E-state index < -0.39 is 0 Å². The lowest BCUT2D eigenvalue weighted by Gasteiger charge is -2.14. The van der Waals surface area contributed by atoms with Gasteiger partial charge in [0, 0.05) is 0 Å². The predicted octanol–water partition coefficient (Wildman–Crippen LogP) is 8.07. The van der Waals surface area contributed by atoms with Gasteiger partial charge in [-0.1, -0.05) is 134 Å². The van der Waals surface area contributed by atoms with Gasteiger partial charge in [0.25, 0.3) is 0 Å². The van der Waals surface area contributed by atoms with Crippen molar-refractivity contribution in [1.82, 2.24) is 0 Å². The number of nitrogens with two attached hydrogens (primary N) is 1. The third kappa shape index (κ3) is 14.9. The van der Waals surface area contributed by atoms with Crippen LogP contribution in [0.2, 0.25) is 0 Å². The summed E-state index contributed by atoms with van der Waals surface area (Å²) in [6.07, 6.45) is 24.0. The van der Waals surface area contributed by atoms with Crippen molar-refractivity contribution in [2.45, 2.75) is 116 Å². The minimum Gasteiger partial charge on any atom is -0.330 e. The molecule has 27 heavy (non-hydrogen) atoms. The van der Waals surface area contributed by atoms with Gasteiger partial charge in [-0.3, -0.25) is 0 Å². The zero-order valence-electron chi connectivity index (χ0n) is 18.3. The first-order chi connectivity index (χ1) is 13.4. The molecule has 0 radical (unpaired) electrons. The van der Waals surface area contributed by atoms with Crippen LogP contribution in [0, 0.1) is 5.92 Å². The molecule has 0 aliphatic heterocycles. The van der Waals surface area contributed by atoms with E-state index in [4.69, 9.17) is 5.73 Å². The van der Waals surface area contributed by atoms with Gasteiger partial charge in [-0.25, -0.2) is 0 Å². The van der Waals surface area contributed by atoms with E-state index in [2.05, 4.69) is 37.3 Å². The van der Waals surface area contributed by atoms with E-state index in [0.29, 0.717) is 5.92 Å². The topological polar surface area (TPSA) is 26.0 Å². The van der Waals surface area contributed by atoms with E-state index in [1.165, 1.54) is 108 Å². The van der Waals surface area contributed by atoms with Gasteiger partial charge in [0.15, 0.2) is 0 Å². The van der Waals surface area contributed by atoms with Gasteiger partial charge in [-0.05, 0) is 30.9 Å². The number of hydrogen-bond donors (Lipinski definition) is 1. The smallest absolute Gasteiger partial charge is 0.00457 e.